The van der Waals surface area contributed by atoms with Crippen LogP contribution in [-0.2, 0) is 0 Å². The summed E-state index contributed by atoms with van der Waals surface area (Å²) in [7, 11) is 0. The van der Waals surface area contributed by atoms with E-state index in [0.717, 1.165) is 12.8 Å². The third-order valence-corrected chi connectivity index (χ3v) is 2.82. The van der Waals surface area contributed by atoms with Gasteiger partial charge in [-0.15, -0.1) is 0 Å². The van der Waals surface area contributed by atoms with Crippen LogP contribution in [-0.4, -0.2) is 18.6 Å². The van der Waals surface area contributed by atoms with Crippen molar-refractivity contribution in [2.75, 3.05) is 12.3 Å². The summed E-state index contributed by atoms with van der Waals surface area (Å²) in [5, 5.41) is 2.98. The molecule has 0 heterocycles. The van der Waals surface area contributed by atoms with E-state index in [2.05, 4.69) is 19.2 Å². The molecule has 0 atom stereocenters. The molecular formula is C14H22N2O2. The minimum atomic E-state index is -0.100. The Kier molecular flexibility index (Phi) is 5.49. The predicted octanol–water partition coefficient (Wildman–Crippen LogP) is 2.59. The Hall–Kier alpha value is -1.71. The maximum Gasteiger partial charge on any atom is 0.251 e. The second-order valence-electron chi connectivity index (χ2n) is 4.21. The lowest BCUT2D eigenvalue weighted by Crippen LogP contribution is -2.33. The molecule has 18 heavy (non-hydrogen) atoms. The zero-order valence-electron chi connectivity index (χ0n) is 11.3. The molecule has 0 unspecified atom stereocenters. The second kappa shape index (κ2) is 6.89. The van der Waals surface area contributed by atoms with Gasteiger partial charge in [-0.05, 0) is 31.9 Å². The zero-order chi connectivity index (χ0) is 13.5. The number of nitrogens with two attached hydrogens (primary N) is 1. The van der Waals surface area contributed by atoms with E-state index in [-0.39, 0.29) is 11.9 Å². The molecule has 0 saturated heterocycles. The fourth-order valence-corrected chi connectivity index (χ4v) is 1.76. The minimum absolute atomic E-state index is 0.100. The van der Waals surface area contributed by atoms with Gasteiger partial charge in [0.05, 0.1) is 6.61 Å². The van der Waals surface area contributed by atoms with E-state index in [1.54, 1.807) is 18.2 Å². The Morgan fingerprint density at radius 3 is 2.50 bits per heavy atom. The Balaban J connectivity index is 2.84. The summed E-state index contributed by atoms with van der Waals surface area (Å²) < 4.78 is 5.38. The molecule has 0 aliphatic carbocycles. The van der Waals surface area contributed by atoms with Gasteiger partial charge < -0.3 is 15.8 Å². The van der Waals surface area contributed by atoms with Crippen LogP contribution in [0.1, 0.15) is 44.0 Å². The summed E-state index contributed by atoms with van der Waals surface area (Å²) in [6.45, 7) is 6.56. The highest BCUT2D eigenvalue weighted by atomic mass is 16.5. The van der Waals surface area contributed by atoms with E-state index in [1.165, 1.54) is 0 Å². The maximum atomic E-state index is 12.1. The second-order valence-corrected chi connectivity index (χ2v) is 4.21. The molecule has 0 aromatic heterocycles. The van der Waals surface area contributed by atoms with Crippen LogP contribution in [0.2, 0.25) is 0 Å². The molecule has 0 spiro atoms. The Bertz CT molecular complexity index is 401. The first-order valence-corrected chi connectivity index (χ1v) is 6.44. The quantitative estimate of drug-likeness (QED) is 0.763. The van der Waals surface area contributed by atoms with Crippen molar-refractivity contribution in [3.63, 3.8) is 0 Å². The van der Waals surface area contributed by atoms with Crippen LogP contribution in [0.15, 0.2) is 18.2 Å². The van der Waals surface area contributed by atoms with Crippen LogP contribution in [0.4, 0.5) is 5.69 Å². The van der Waals surface area contributed by atoms with Gasteiger partial charge in [-0.3, -0.25) is 4.79 Å². The summed E-state index contributed by atoms with van der Waals surface area (Å²) in [6, 6.07) is 5.31. The van der Waals surface area contributed by atoms with Gasteiger partial charge in [-0.1, -0.05) is 13.8 Å². The molecule has 1 rings (SSSR count). The number of rotatable bonds is 6. The van der Waals surface area contributed by atoms with Crippen LogP contribution in [0, 0.1) is 0 Å². The molecule has 0 aliphatic rings. The predicted molar refractivity (Wildman–Crippen MR) is 73.9 cm³/mol. The van der Waals surface area contributed by atoms with Crippen molar-refractivity contribution in [1.29, 1.82) is 0 Å². The number of anilines is 1. The van der Waals surface area contributed by atoms with Gasteiger partial charge in [-0.25, -0.2) is 0 Å². The number of carbonyl (C=O) groups is 1. The molecule has 0 aliphatic heterocycles. The molecule has 4 nitrogen and oxygen atoms in total. The first-order valence-electron chi connectivity index (χ1n) is 6.44. The average molecular weight is 250 g/mol. The van der Waals surface area contributed by atoms with Crippen LogP contribution < -0.4 is 15.8 Å². The van der Waals surface area contributed by atoms with E-state index in [0.29, 0.717) is 23.6 Å². The van der Waals surface area contributed by atoms with E-state index < -0.39 is 0 Å². The molecule has 1 amide bonds. The van der Waals surface area contributed by atoms with Crippen LogP contribution in [0.3, 0.4) is 0 Å². The zero-order valence-corrected chi connectivity index (χ0v) is 11.3. The molecule has 0 bridgehead atoms. The molecule has 0 fully saturated rings. The highest BCUT2D eigenvalue weighted by molar-refractivity contribution is 5.95. The van der Waals surface area contributed by atoms with Gasteiger partial charge in [0, 0.05) is 23.4 Å². The highest BCUT2D eigenvalue weighted by Crippen LogP contribution is 2.19. The van der Waals surface area contributed by atoms with Gasteiger partial charge in [0.15, 0.2) is 0 Å². The number of hydrogen-bond donors (Lipinski definition) is 2. The summed E-state index contributed by atoms with van der Waals surface area (Å²) in [4.78, 5) is 12.1. The topological polar surface area (TPSA) is 64.3 Å². The van der Waals surface area contributed by atoms with Gasteiger partial charge in [-0.2, -0.15) is 0 Å². The lowest BCUT2D eigenvalue weighted by atomic mass is 10.1. The summed E-state index contributed by atoms with van der Waals surface area (Å²) in [5.74, 6) is 0.532. The summed E-state index contributed by atoms with van der Waals surface area (Å²) in [5.41, 5.74) is 6.85. The van der Waals surface area contributed by atoms with Crippen LogP contribution in [0.25, 0.3) is 0 Å². The third-order valence-electron chi connectivity index (χ3n) is 2.82. The molecule has 0 saturated carbocycles. The number of carbonyl (C=O) groups excluding carboxylic acids is 1. The largest absolute Gasteiger partial charge is 0.494 e. The van der Waals surface area contributed by atoms with Crippen molar-refractivity contribution in [3.05, 3.63) is 23.8 Å². The first-order chi connectivity index (χ1) is 8.60. The SMILES string of the molecule is CCOc1cc(N)cc(C(=O)NC(CC)CC)c1. The fraction of sp³-hybridized carbons (Fsp3) is 0.500. The average Bonchev–Trinajstić information content (AvgIpc) is 2.35. The van der Waals surface area contributed by atoms with Crippen molar-refractivity contribution >= 4 is 11.6 Å². The molecule has 4 heteroatoms. The maximum absolute atomic E-state index is 12.1. The molecule has 3 N–H and O–H groups in total. The van der Waals surface area contributed by atoms with E-state index in [1.807, 2.05) is 6.92 Å². The van der Waals surface area contributed by atoms with Crippen molar-refractivity contribution in [3.8, 4) is 5.75 Å². The monoisotopic (exact) mass is 250 g/mol. The normalized spacial score (nSPS) is 10.4. The Labute approximate surface area is 109 Å². The van der Waals surface area contributed by atoms with Crippen molar-refractivity contribution in [1.82, 2.24) is 5.32 Å². The van der Waals surface area contributed by atoms with Crippen LogP contribution in [0.5, 0.6) is 5.75 Å². The Morgan fingerprint density at radius 2 is 1.94 bits per heavy atom. The smallest absolute Gasteiger partial charge is 0.251 e. The number of nitrogens with one attached hydrogen (secondary N) is 1. The molecular weight excluding hydrogens is 228 g/mol. The lowest BCUT2D eigenvalue weighted by molar-refractivity contribution is 0.0934. The van der Waals surface area contributed by atoms with Crippen molar-refractivity contribution in [2.24, 2.45) is 0 Å². The molecule has 1 aromatic carbocycles. The third kappa shape index (κ3) is 3.95. The lowest BCUT2D eigenvalue weighted by Gasteiger charge is -2.15. The standard InChI is InChI=1S/C14H22N2O2/c1-4-12(5-2)16-14(17)10-7-11(15)9-13(8-10)18-6-3/h7-9,12H,4-6,15H2,1-3H3,(H,16,17). The van der Waals surface area contributed by atoms with Crippen molar-refractivity contribution < 1.29 is 9.53 Å². The fourth-order valence-electron chi connectivity index (χ4n) is 1.76. The Morgan fingerprint density at radius 1 is 1.28 bits per heavy atom. The van der Waals surface area contributed by atoms with E-state index in [9.17, 15) is 4.79 Å². The van der Waals surface area contributed by atoms with Gasteiger partial charge >= 0.3 is 0 Å². The highest BCUT2D eigenvalue weighted by Gasteiger charge is 2.12. The van der Waals surface area contributed by atoms with E-state index in [4.69, 9.17) is 10.5 Å². The van der Waals surface area contributed by atoms with Gasteiger partial charge in [0.2, 0.25) is 0 Å². The summed E-state index contributed by atoms with van der Waals surface area (Å²) in [6.07, 6.45) is 1.84. The first kappa shape index (κ1) is 14.4. The van der Waals surface area contributed by atoms with Crippen molar-refractivity contribution in [2.45, 2.75) is 39.7 Å². The van der Waals surface area contributed by atoms with Crippen LogP contribution >= 0.6 is 0 Å². The number of benzene rings is 1. The summed E-state index contributed by atoms with van der Waals surface area (Å²) >= 11 is 0. The van der Waals surface area contributed by atoms with Gasteiger partial charge in [0.1, 0.15) is 5.75 Å². The minimum Gasteiger partial charge on any atom is -0.494 e. The number of amides is 1. The van der Waals surface area contributed by atoms with Gasteiger partial charge in [0.25, 0.3) is 5.91 Å². The van der Waals surface area contributed by atoms with E-state index >= 15 is 0 Å². The number of hydrogen-bond acceptors (Lipinski definition) is 3. The number of nitrogen functional groups attached to an aromatic ring is 1. The molecule has 1 aromatic rings. The molecule has 0 radical (unpaired) electrons. The number of ether oxygens (including phenoxy) is 1. The molecule has 100 valence electrons.